The number of aliphatic carboxylic acids is 1. The average molecular weight is 284 g/mol. The van der Waals surface area contributed by atoms with Gasteiger partial charge in [-0.05, 0) is 26.2 Å². The highest BCUT2D eigenvalue weighted by atomic mass is 16.5. The maximum atomic E-state index is 12.2. The molecule has 20 heavy (non-hydrogen) atoms. The largest absolute Gasteiger partial charge is 0.480 e. The van der Waals surface area contributed by atoms with Crippen LogP contribution < -0.4 is 5.32 Å². The lowest BCUT2D eigenvalue weighted by atomic mass is 10.0. The zero-order valence-electron chi connectivity index (χ0n) is 12.0. The number of ether oxygens (including phenoxy) is 1. The smallest absolute Gasteiger partial charge is 0.326 e. The van der Waals surface area contributed by atoms with Gasteiger partial charge in [0.1, 0.15) is 6.04 Å². The van der Waals surface area contributed by atoms with E-state index in [9.17, 15) is 14.7 Å². The molecule has 2 fully saturated rings. The number of hydrogen-bond acceptors (Lipinski definition) is 3. The Kier molecular flexibility index (Phi) is 5.23. The molecule has 2 saturated heterocycles. The summed E-state index contributed by atoms with van der Waals surface area (Å²) in [6.45, 7) is 3.83. The van der Waals surface area contributed by atoms with Gasteiger partial charge in [0, 0.05) is 25.6 Å². The third-order valence-electron chi connectivity index (χ3n) is 4.35. The number of nitrogens with zero attached hydrogens (tertiary/aromatic N) is 1. The van der Waals surface area contributed by atoms with Gasteiger partial charge in [-0.15, -0.1) is 0 Å². The van der Waals surface area contributed by atoms with E-state index in [0.717, 1.165) is 32.3 Å². The summed E-state index contributed by atoms with van der Waals surface area (Å²) in [6.07, 6.45) is 4.39. The van der Waals surface area contributed by atoms with Crippen molar-refractivity contribution in [1.29, 1.82) is 0 Å². The fraction of sp³-hybridized carbons (Fsp3) is 0.857. The first-order valence-corrected chi connectivity index (χ1v) is 7.48. The van der Waals surface area contributed by atoms with Gasteiger partial charge in [0.15, 0.2) is 0 Å². The average Bonchev–Trinajstić information content (AvgIpc) is 2.67. The minimum absolute atomic E-state index is 0.162. The Balaban J connectivity index is 1.89. The van der Waals surface area contributed by atoms with Gasteiger partial charge in [-0.2, -0.15) is 0 Å². The molecule has 2 amide bonds. The van der Waals surface area contributed by atoms with Gasteiger partial charge in [0.05, 0.1) is 6.10 Å². The van der Waals surface area contributed by atoms with Crippen molar-refractivity contribution in [2.75, 3.05) is 19.7 Å². The molecule has 0 aliphatic carbocycles. The molecule has 2 N–H and O–H groups in total. The third-order valence-corrected chi connectivity index (χ3v) is 4.35. The lowest BCUT2D eigenvalue weighted by molar-refractivity contribution is -0.142. The zero-order chi connectivity index (χ0) is 14.5. The highest BCUT2D eigenvalue weighted by Crippen LogP contribution is 2.20. The number of carbonyl (C=O) groups is 2. The zero-order valence-corrected chi connectivity index (χ0v) is 12.0. The molecule has 2 rings (SSSR count). The van der Waals surface area contributed by atoms with Crippen LogP contribution in [0.3, 0.4) is 0 Å². The van der Waals surface area contributed by atoms with E-state index in [1.54, 1.807) is 0 Å². The predicted octanol–water partition coefficient (Wildman–Crippen LogP) is 1.45. The summed E-state index contributed by atoms with van der Waals surface area (Å²) in [6, 6.07) is -0.937. The van der Waals surface area contributed by atoms with Crippen LogP contribution in [0.5, 0.6) is 0 Å². The number of carbonyl (C=O) groups excluding carboxylic acids is 1. The first-order valence-electron chi connectivity index (χ1n) is 7.48. The summed E-state index contributed by atoms with van der Waals surface area (Å²) >= 11 is 0. The minimum atomic E-state index is -0.903. The Morgan fingerprint density at radius 1 is 1.30 bits per heavy atom. The second kappa shape index (κ2) is 6.92. The normalized spacial score (nSPS) is 30.9. The van der Waals surface area contributed by atoms with Crippen LogP contribution in [0.4, 0.5) is 4.79 Å². The van der Waals surface area contributed by atoms with Gasteiger partial charge in [0.2, 0.25) is 0 Å². The molecule has 0 spiro atoms. The van der Waals surface area contributed by atoms with Crippen molar-refractivity contribution in [2.24, 2.45) is 5.92 Å². The van der Waals surface area contributed by atoms with Crippen LogP contribution in [0.1, 0.15) is 39.0 Å². The van der Waals surface area contributed by atoms with Crippen LogP contribution in [-0.2, 0) is 9.53 Å². The second-order valence-electron chi connectivity index (χ2n) is 5.71. The Morgan fingerprint density at radius 3 is 2.75 bits per heavy atom. The van der Waals surface area contributed by atoms with Gasteiger partial charge in [-0.1, -0.05) is 12.8 Å². The maximum absolute atomic E-state index is 12.2. The molecule has 3 unspecified atom stereocenters. The molecule has 2 aliphatic rings. The fourth-order valence-corrected chi connectivity index (χ4v) is 2.97. The van der Waals surface area contributed by atoms with Crippen LogP contribution in [0, 0.1) is 5.92 Å². The first-order chi connectivity index (χ1) is 9.59. The summed E-state index contributed by atoms with van der Waals surface area (Å²) in [5.41, 5.74) is 0. The fourth-order valence-electron chi connectivity index (χ4n) is 2.97. The van der Waals surface area contributed by atoms with Crippen molar-refractivity contribution in [1.82, 2.24) is 10.2 Å². The van der Waals surface area contributed by atoms with Crippen molar-refractivity contribution < 1.29 is 19.4 Å². The number of nitrogens with one attached hydrogen (secondary N) is 1. The van der Waals surface area contributed by atoms with E-state index >= 15 is 0 Å². The molecular weight excluding hydrogens is 260 g/mol. The lowest BCUT2D eigenvalue weighted by Crippen LogP contribution is -2.50. The molecule has 0 saturated carbocycles. The van der Waals surface area contributed by atoms with Crippen LogP contribution >= 0.6 is 0 Å². The number of likely N-dealkylation sites (tertiary alicyclic amines) is 1. The minimum Gasteiger partial charge on any atom is -0.480 e. The summed E-state index contributed by atoms with van der Waals surface area (Å²) < 4.78 is 5.46. The maximum Gasteiger partial charge on any atom is 0.326 e. The number of carboxylic acid groups (broad SMARTS) is 1. The molecule has 3 atom stereocenters. The first kappa shape index (κ1) is 15.1. The number of hydrogen-bond donors (Lipinski definition) is 2. The SMILES string of the molecule is CC1OCCC1CNC(=O)N1CCCCCC1C(=O)O. The molecule has 0 aromatic carbocycles. The number of urea groups is 1. The Labute approximate surface area is 119 Å². The van der Waals surface area contributed by atoms with E-state index in [2.05, 4.69) is 5.32 Å². The van der Waals surface area contributed by atoms with E-state index in [0.29, 0.717) is 25.4 Å². The van der Waals surface area contributed by atoms with Gasteiger partial charge < -0.3 is 20.1 Å². The van der Waals surface area contributed by atoms with Crippen molar-refractivity contribution in [3.05, 3.63) is 0 Å². The number of amides is 2. The van der Waals surface area contributed by atoms with Gasteiger partial charge in [0.25, 0.3) is 0 Å². The number of carboxylic acids is 1. The molecular formula is C14H24N2O4. The summed E-state index contributed by atoms with van der Waals surface area (Å²) in [4.78, 5) is 25.0. The Hall–Kier alpha value is -1.30. The van der Waals surface area contributed by atoms with Gasteiger partial charge in [-0.3, -0.25) is 0 Å². The summed E-state index contributed by atoms with van der Waals surface area (Å²) in [7, 11) is 0. The molecule has 6 nitrogen and oxygen atoms in total. The Morgan fingerprint density at radius 2 is 2.10 bits per heavy atom. The molecule has 0 radical (unpaired) electrons. The van der Waals surface area contributed by atoms with E-state index in [4.69, 9.17) is 4.74 Å². The van der Waals surface area contributed by atoms with Crippen molar-refractivity contribution in [3.8, 4) is 0 Å². The predicted molar refractivity (Wildman–Crippen MR) is 73.5 cm³/mol. The van der Waals surface area contributed by atoms with Crippen LogP contribution in [-0.4, -0.2) is 53.8 Å². The van der Waals surface area contributed by atoms with Crippen molar-refractivity contribution >= 4 is 12.0 Å². The monoisotopic (exact) mass is 284 g/mol. The van der Waals surface area contributed by atoms with Crippen molar-refractivity contribution in [3.63, 3.8) is 0 Å². The molecule has 2 heterocycles. The quantitative estimate of drug-likeness (QED) is 0.822. The van der Waals surface area contributed by atoms with Gasteiger partial charge in [-0.25, -0.2) is 9.59 Å². The van der Waals surface area contributed by atoms with Crippen LogP contribution in [0.25, 0.3) is 0 Å². The highest BCUT2D eigenvalue weighted by molar-refractivity contribution is 5.82. The number of rotatable bonds is 3. The van der Waals surface area contributed by atoms with E-state index in [1.807, 2.05) is 6.92 Å². The topological polar surface area (TPSA) is 78.9 Å². The summed E-state index contributed by atoms with van der Waals surface area (Å²) in [5, 5.41) is 12.1. The van der Waals surface area contributed by atoms with Gasteiger partial charge >= 0.3 is 12.0 Å². The molecule has 0 aromatic rings. The van der Waals surface area contributed by atoms with E-state index < -0.39 is 12.0 Å². The summed E-state index contributed by atoms with van der Waals surface area (Å²) in [5.74, 6) is -0.575. The lowest BCUT2D eigenvalue weighted by Gasteiger charge is -2.28. The molecule has 0 aromatic heterocycles. The molecule has 2 aliphatic heterocycles. The second-order valence-corrected chi connectivity index (χ2v) is 5.71. The van der Waals surface area contributed by atoms with E-state index in [-0.39, 0.29) is 12.1 Å². The van der Waals surface area contributed by atoms with Crippen LogP contribution in [0.2, 0.25) is 0 Å². The molecule has 6 heteroatoms. The third kappa shape index (κ3) is 3.62. The van der Waals surface area contributed by atoms with Crippen LogP contribution in [0.15, 0.2) is 0 Å². The molecule has 0 bridgehead atoms. The molecule has 114 valence electrons. The Bertz CT molecular complexity index is 361. The standard InChI is InChI=1S/C14H24N2O4/c1-10-11(6-8-20-10)9-15-14(19)16-7-4-2-3-5-12(16)13(17)18/h10-12H,2-9H2,1H3,(H,15,19)(H,17,18). The van der Waals surface area contributed by atoms with Crippen molar-refractivity contribution in [2.45, 2.75) is 51.2 Å². The van der Waals surface area contributed by atoms with E-state index in [1.165, 1.54) is 4.90 Å². The highest BCUT2D eigenvalue weighted by Gasteiger charge is 2.31.